The molecule has 2 heterocycles. The summed E-state index contributed by atoms with van der Waals surface area (Å²) in [5.74, 6) is -1.29. The third kappa shape index (κ3) is 4.00. The van der Waals surface area contributed by atoms with E-state index < -0.39 is 24.5 Å². The van der Waals surface area contributed by atoms with Crippen molar-refractivity contribution in [1.29, 1.82) is 0 Å². The second-order valence-electron chi connectivity index (χ2n) is 7.25. The Bertz CT molecular complexity index is 1110. The van der Waals surface area contributed by atoms with Gasteiger partial charge in [-0.15, -0.1) is 0 Å². The van der Waals surface area contributed by atoms with Crippen LogP contribution >= 0.6 is 0 Å². The Morgan fingerprint density at radius 3 is 2.68 bits per heavy atom. The molecule has 0 fully saturated rings. The van der Waals surface area contributed by atoms with Gasteiger partial charge in [0.1, 0.15) is 42.5 Å². The second-order valence-corrected chi connectivity index (χ2v) is 7.25. The number of amides is 1. The zero-order valence-electron chi connectivity index (χ0n) is 16.8. The number of halogens is 3. The zero-order chi connectivity index (χ0) is 22.1. The summed E-state index contributed by atoms with van der Waals surface area (Å²) in [7, 11) is 1.67. The van der Waals surface area contributed by atoms with E-state index in [1.165, 1.54) is 21.7 Å². The van der Waals surface area contributed by atoms with Crippen molar-refractivity contribution in [1.82, 2.24) is 14.7 Å². The van der Waals surface area contributed by atoms with Crippen LogP contribution in [0.15, 0.2) is 42.5 Å². The van der Waals surface area contributed by atoms with Crippen LogP contribution in [0.2, 0.25) is 0 Å². The molecule has 0 unspecified atom stereocenters. The lowest BCUT2D eigenvalue weighted by atomic mass is 9.97. The topological polar surface area (TPSA) is 73.4 Å². The first kappa shape index (κ1) is 20.9. The van der Waals surface area contributed by atoms with Crippen LogP contribution in [0, 0.1) is 11.6 Å². The molecule has 0 aliphatic carbocycles. The molecule has 0 saturated carbocycles. The number of alkyl halides is 1. The van der Waals surface area contributed by atoms with E-state index in [0.717, 1.165) is 11.6 Å². The van der Waals surface area contributed by atoms with Crippen LogP contribution in [0.25, 0.3) is 11.3 Å². The Kier molecular flexibility index (Phi) is 5.69. The number of aryl methyl sites for hydroxylation is 1. The van der Waals surface area contributed by atoms with Crippen LogP contribution in [0.4, 0.5) is 13.2 Å². The maximum absolute atomic E-state index is 13.7. The van der Waals surface area contributed by atoms with E-state index in [-0.39, 0.29) is 12.5 Å². The molecule has 0 saturated heterocycles. The number of nitrogens with two attached hydrogens (primary N) is 1. The van der Waals surface area contributed by atoms with Crippen LogP contribution < -0.4 is 10.5 Å². The van der Waals surface area contributed by atoms with Gasteiger partial charge in [0.2, 0.25) is 0 Å². The van der Waals surface area contributed by atoms with Gasteiger partial charge in [0.15, 0.2) is 0 Å². The number of benzene rings is 2. The van der Waals surface area contributed by atoms with Crippen molar-refractivity contribution in [3.05, 3.63) is 70.9 Å². The van der Waals surface area contributed by atoms with Gasteiger partial charge >= 0.3 is 0 Å². The van der Waals surface area contributed by atoms with E-state index in [1.807, 2.05) is 0 Å². The Hall–Kier alpha value is -3.33. The Morgan fingerprint density at radius 2 is 1.97 bits per heavy atom. The lowest BCUT2D eigenvalue weighted by molar-refractivity contribution is 0.0661. The van der Waals surface area contributed by atoms with Gasteiger partial charge in [0, 0.05) is 36.3 Å². The van der Waals surface area contributed by atoms with Gasteiger partial charge in [-0.05, 0) is 36.8 Å². The SMILES string of the molecule is Cn1nc2c(c1-c1cc(F)cc(F)c1)CCN(C(=O)c1cccc(OCCF)c1)[C@H]2N. The number of rotatable bonds is 5. The van der Waals surface area contributed by atoms with Gasteiger partial charge in [-0.3, -0.25) is 9.48 Å². The van der Waals surface area contributed by atoms with Crippen molar-refractivity contribution in [2.75, 3.05) is 19.8 Å². The first-order valence-corrected chi connectivity index (χ1v) is 9.76. The van der Waals surface area contributed by atoms with E-state index in [1.54, 1.807) is 31.3 Å². The number of carbonyl (C=O) groups is 1. The molecule has 1 amide bonds. The molecular weight excluding hydrogens is 409 g/mol. The summed E-state index contributed by atoms with van der Waals surface area (Å²) in [6.45, 7) is -0.421. The minimum atomic E-state index is -0.829. The van der Waals surface area contributed by atoms with Crippen molar-refractivity contribution in [3.8, 4) is 17.0 Å². The predicted molar refractivity (Wildman–Crippen MR) is 108 cm³/mol. The molecule has 2 aromatic carbocycles. The average Bonchev–Trinajstić information content (AvgIpc) is 3.08. The molecule has 1 aromatic heterocycles. The highest BCUT2D eigenvalue weighted by Gasteiger charge is 2.34. The lowest BCUT2D eigenvalue weighted by Gasteiger charge is -2.32. The summed E-state index contributed by atoms with van der Waals surface area (Å²) >= 11 is 0. The number of nitrogens with zero attached hydrogens (tertiary/aromatic N) is 3. The third-order valence-electron chi connectivity index (χ3n) is 5.22. The minimum absolute atomic E-state index is 0.0956. The van der Waals surface area contributed by atoms with Gasteiger partial charge in [-0.2, -0.15) is 5.10 Å². The van der Waals surface area contributed by atoms with E-state index in [4.69, 9.17) is 10.5 Å². The smallest absolute Gasteiger partial charge is 0.255 e. The fourth-order valence-electron chi connectivity index (χ4n) is 3.91. The van der Waals surface area contributed by atoms with Crippen molar-refractivity contribution in [2.45, 2.75) is 12.6 Å². The molecule has 0 bridgehead atoms. The molecule has 1 atom stereocenters. The predicted octanol–water partition coefficient (Wildman–Crippen LogP) is 3.37. The molecular formula is C22H21F3N4O2. The lowest BCUT2D eigenvalue weighted by Crippen LogP contribution is -2.44. The zero-order valence-corrected chi connectivity index (χ0v) is 16.8. The number of fused-ring (bicyclic) bond motifs is 1. The first-order valence-electron chi connectivity index (χ1n) is 9.76. The molecule has 0 radical (unpaired) electrons. The fourth-order valence-corrected chi connectivity index (χ4v) is 3.91. The molecule has 1 aliphatic rings. The summed E-state index contributed by atoms with van der Waals surface area (Å²) in [6, 6.07) is 9.76. The molecule has 1 aliphatic heterocycles. The molecule has 31 heavy (non-hydrogen) atoms. The number of hydrogen-bond donors (Lipinski definition) is 1. The number of hydrogen-bond acceptors (Lipinski definition) is 4. The second kappa shape index (κ2) is 8.43. The Balaban J connectivity index is 1.64. The largest absolute Gasteiger partial charge is 0.491 e. The summed E-state index contributed by atoms with van der Waals surface area (Å²) in [5.41, 5.74) is 8.89. The van der Waals surface area contributed by atoms with Crippen molar-refractivity contribution in [2.24, 2.45) is 12.8 Å². The van der Waals surface area contributed by atoms with Crippen LogP contribution in [-0.2, 0) is 13.5 Å². The van der Waals surface area contributed by atoms with E-state index in [9.17, 15) is 18.0 Å². The molecule has 2 N–H and O–H groups in total. The molecule has 3 aromatic rings. The first-order chi connectivity index (χ1) is 14.9. The van der Waals surface area contributed by atoms with Crippen LogP contribution in [0.1, 0.15) is 27.8 Å². The highest BCUT2D eigenvalue weighted by atomic mass is 19.1. The van der Waals surface area contributed by atoms with Crippen molar-refractivity contribution in [3.63, 3.8) is 0 Å². The van der Waals surface area contributed by atoms with Crippen LogP contribution in [0.3, 0.4) is 0 Å². The summed E-state index contributed by atoms with van der Waals surface area (Å²) in [6.07, 6.45) is -0.404. The normalized spacial score (nSPS) is 15.6. The number of carbonyl (C=O) groups excluding carboxylic acids is 1. The summed E-state index contributed by atoms with van der Waals surface area (Å²) in [5, 5.41) is 4.44. The van der Waals surface area contributed by atoms with Crippen molar-refractivity contribution >= 4 is 5.91 Å². The minimum Gasteiger partial charge on any atom is -0.491 e. The molecule has 162 valence electrons. The maximum atomic E-state index is 13.7. The number of aromatic nitrogens is 2. The quantitative estimate of drug-likeness (QED) is 0.674. The molecule has 9 heteroatoms. The highest BCUT2D eigenvalue weighted by Crippen LogP contribution is 2.34. The van der Waals surface area contributed by atoms with Crippen molar-refractivity contribution < 1.29 is 22.7 Å². The molecule has 4 rings (SSSR count). The van der Waals surface area contributed by atoms with Crippen LogP contribution in [0.5, 0.6) is 5.75 Å². The van der Waals surface area contributed by atoms with Gasteiger partial charge in [-0.1, -0.05) is 6.07 Å². The van der Waals surface area contributed by atoms with Gasteiger partial charge < -0.3 is 15.4 Å². The summed E-state index contributed by atoms with van der Waals surface area (Å²) in [4.78, 5) is 14.6. The van der Waals surface area contributed by atoms with Gasteiger partial charge in [0.05, 0.1) is 5.69 Å². The third-order valence-corrected chi connectivity index (χ3v) is 5.22. The molecule has 6 nitrogen and oxygen atoms in total. The fraction of sp³-hybridized carbons (Fsp3) is 0.273. The monoisotopic (exact) mass is 430 g/mol. The van der Waals surface area contributed by atoms with E-state index >= 15 is 0 Å². The molecule has 0 spiro atoms. The standard InChI is InChI=1S/C22H21F3N4O2/c1-28-20(14-9-15(24)12-16(25)10-14)18-5-7-29(21(26)19(18)27-28)22(30)13-3-2-4-17(11-13)31-8-6-23/h2-4,9-12,21H,5-8,26H2,1H3/t21-/m1/s1. The average molecular weight is 430 g/mol. The van der Waals surface area contributed by atoms with E-state index in [2.05, 4.69) is 5.10 Å². The number of ether oxygens (including phenoxy) is 1. The Morgan fingerprint density at radius 1 is 1.23 bits per heavy atom. The maximum Gasteiger partial charge on any atom is 0.255 e. The van der Waals surface area contributed by atoms with E-state index in [0.29, 0.717) is 41.2 Å². The Labute approximate surface area is 177 Å². The van der Waals surface area contributed by atoms with Crippen LogP contribution in [-0.4, -0.2) is 40.4 Å². The summed E-state index contributed by atoms with van der Waals surface area (Å²) < 4.78 is 46.6. The van der Waals surface area contributed by atoms with Gasteiger partial charge in [0.25, 0.3) is 5.91 Å². The highest BCUT2D eigenvalue weighted by molar-refractivity contribution is 5.95. The van der Waals surface area contributed by atoms with Gasteiger partial charge in [-0.25, -0.2) is 13.2 Å².